The first-order valence-corrected chi connectivity index (χ1v) is 16.3. The summed E-state index contributed by atoms with van der Waals surface area (Å²) in [4.78, 5) is 42.9. The Morgan fingerprint density at radius 2 is 1.59 bits per heavy atom. The Labute approximate surface area is 235 Å². The summed E-state index contributed by atoms with van der Waals surface area (Å²) in [5, 5.41) is 1.34. The molecule has 2 aliphatic carbocycles. The van der Waals surface area contributed by atoms with Crippen LogP contribution in [-0.2, 0) is 16.1 Å². The number of carbonyl (C=O) groups excluding carboxylic acids is 1. The second kappa shape index (κ2) is 11.4. The third kappa shape index (κ3) is 5.23. The first-order valence-electron chi connectivity index (χ1n) is 15.3. The molecule has 39 heavy (non-hydrogen) atoms. The molecule has 2 saturated carbocycles. The van der Waals surface area contributed by atoms with Gasteiger partial charge < -0.3 is 4.74 Å². The van der Waals surface area contributed by atoms with Crippen molar-refractivity contribution in [3.8, 4) is 0 Å². The highest BCUT2D eigenvalue weighted by atomic mass is 32.2. The van der Waals surface area contributed by atoms with Crippen molar-refractivity contribution in [2.75, 3.05) is 12.4 Å². The number of hydrogen-bond donors (Lipinski definition) is 0. The molecule has 0 N–H and O–H groups in total. The molecule has 4 atom stereocenters. The van der Waals surface area contributed by atoms with E-state index in [0.29, 0.717) is 29.0 Å². The van der Waals surface area contributed by atoms with Gasteiger partial charge in [0.15, 0.2) is 0 Å². The molecule has 1 aromatic heterocycles. The van der Waals surface area contributed by atoms with E-state index in [1.165, 1.54) is 53.4 Å². The Kier molecular flexibility index (Phi) is 7.95. The summed E-state index contributed by atoms with van der Waals surface area (Å²) in [6.07, 6.45) is 12.0. The largest absolute Gasteiger partial charge is 0.465 e. The average molecular weight is 554 g/mol. The normalized spacial score (nSPS) is 32.7. The van der Waals surface area contributed by atoms with Gasteiger partial charge in [-0.3, -0.25) is 23.6 Å². The highest BCUT2D eigenvalue weighted by Gasteiger charge is 2.46. The lowest BCUT2D eigenvalue weighted by Crippen LogP contribution is -2.60. The molecule has 4 aliphatic rings. The number of esters is 1. The van der Waals surface area contributed by atoms with Crippen LogP contribution in [-0.4, -0.2) is 55.7 Å². The molecule has 0 amide bonds. The van der Waals surface area contributed by atoms with Crippen LogP contribution in [0.4, 0.5) is 0 Å². The van der Waals surface area contributed by atoms with Crippen LogP contribution in [0, 0.1) is 11.8 Å². The predicted molar refractivity (Wildman–Crippen MR) is 156 cm³/mol. The summed E-state index contributed by atoms with van der Waals surface area (Å²) in [7, 11) is 0. The van der Waals surface area contributed by atoms with Gasteiger partial charge in [0, 0.05) is 29.4 Å². The Hall–Kier alpha value is -2.06. The number of piperidine rings is 2. The van der Waals surface area contributed by atoms with Crippen molar-refractivity contribution >= 4 is 28.6 Å². The Morgan fingerprint density at radius 3 is 2.26 bits per heavy atom. The second-order valence-electron chi connectivity index (χ2n) is 12.3. The predicted octanol–water partition coefficient (Wildman–Crippen LogP) is 4.98. The summed E-state index contributed by atoms with van der Waals surface area (Å²) in [5.74, 6) is 2.47. The van der Waals surface area contributed by atoms with E-state index in [1.807, 2.05) is 6.07 Å². The van der Waals surface area contributed by atoms with E-state index in [4.69, 9.17) is 4.74 Å². The number of thioether (sulfide) groups is 1. The summed E-state index contributed by atoms with van der Waals surface area (Å²) in [6, 6.07) is 8.51. The van der Waals surface area contributed by atoms with Gasteiger partial charge in [0.25, 0.3) is 5.56 Å². The lowest BCUT2D eigenvalue weighted by Gasteiger charge is -2.55. The van der Waals surface area contributed by atoms with Crippen molar-refractivity contribution in [1.82, 2.24) is 14.0 Å². The van der Waals surface area contributed by atoms with Crippen LogP contribution in [0.25, 0.3) is 10.9 Å². The van der Waals surface area contributed by atoms with E-state index in [0.717, 1.165) is 42.8 Å². The summed E-state index contributed by atoms with van der Waals surface area (Å²) in [6.45, 7) is 4.12. The first-order chi connectivity index (χ1) is 19.0. The molecule has 6 rings (SSSR count). The maximum Gasteiger partial charge on any atom is 0.332 e. The minimum atomic E-state index is -0.455. The fourth-order valence-electron chi connectivity index (χ4n) is 8.72. The molecule has 0 spiro atoms. The fourth-order valence-corrected chi connectivity index (χ4v) is 10.0. The zero-order valence-corrected chi connectivity index (χ0v) is 24.2. The molecule has 1 aromatic carbocycles. The van der Waals surface area contributed by atoms with Gasteiger partial charge in [-0.25, -0.2) is 4.79 Å². The topological polar surface area (TPSA) is 73.5 Å². The number of carbonyl (C=O) groups is 1. The molecule has 4 bridgehead atoms. The third-order valence-corrected chi connectivity index (χ3v) is 11.1. The Morgan fingerprint density at radius 1 is 0.897 bits per heavy atom. The van der Waals surface area contributed by atoms with Gasteiger partial charge in [0.1, 0.15) is 6.54 Å². The smallest absolute Gasteiger partial charge is 0.332 e. The Bertz CT molecular complexity index is 1290. The number of aromatic nitrogens is 2. The number of para-hydroxylation sites is 1. The number of rotatable bonds is 7. The van der Waals surface area contributed by atoms with E-state index in [1.54, 1.807) is 25.1 Å². The molecule has 0 radical (unpaired) electrons. The van der Waals surface area contributed by atoms with Crippen LogP contribution in [0.1, 0.15) is 84.1 Å². The van der Waals surface area contributed by atoms with Gasteiger partial charge in [0.2, 0.25) is 0 Å². The quantitative estimate of drug-likeness (QED) is 0.450. The van der Waals surface area contributed by atoms with Crippen molar-refractivity contribution in [3.05, 3.63) is 45.1 Å². The van der Waals surface area contributed by atoms with Crippen molar-refractivity contribution in [2.24, 2.45) is 11.8 Å². The summed E-state index contributed by atoms with van der Waals surface area (Å²) >= 11 is 2.16. The first kappa shape index (κ1) is 27.1. The van der Waals surface area contributed by atoms with E-state index < -0.39 is 5.97 Å². The van der Waals surface area contributed by atoms with Crippen LogP contribution in [0.2, 0.25) is 0 Å². The SMILES string of the molecule is CCOC(=O)Cn1c(=O)n(C2CC3CCCC(C2)N3C2CC3CC(CC(SCC)C3)C2)c(=O)c2ccccc21. The number of benzene rings is 1. The summed E-state index contributed by atoms with van der Waals surface area (Å²) in [5.41, 5.74) is -0.100. The zero-order valence-electron chi connectivity index (χ0n) is 23.4. The molecule has 212 valence electrons. The van der Waals surface area contributed by atoms with Gasteiger partial charge in [-0.05, 0) is 94.4 Å². The minimum absolute atomic E-state index is 0.136. The van der Waals surface area contributed by atoms with Gasteiger partial charge >= 0.3 is 11.7 Å². The van der Waals surface area contributed by atoms with Crippen LogP contribution in [0.5, 0.6) is 0 Å². The fraction of sp³-hybridized carbons (Fsp3) is 0.710. The maximum absolute atomic E-state index is 13.9. The lowest BCUT2D eigenvalue weighted by atomic mass is 9.68. The van der Waals surface area contributed by atoms with Crippen LogP contribution in [0.3, 0.4) is 0 Å². The Balaban J connectivity index is 1.28. The van der Waals surface area contributed by atoms with Crippen molar-refractivity contribution in [2.45, 2.75) is 114 Å². The zero-order chi connectivity index (χ0) is 27.1. The molecule has 8 heteroatoms. The molecule has 7 nitrogen and oxygen atoms in total. The van der Waals surface area contributed by atoms with Crippen LogP contribution < -0.4 is 11.2 Å². The lowest BCUT2D eigenvalue weighted by molar-refractivity contribution is -0.143. The second-order valence-corrected chi connectivity index (χ2v) is 13.9. The van der Waals surface area contributed by atoms with Gasteiger partial charge in [-0.15, -0.1) is 0 Å². The van der Waals surface area contributed by atoms with E-state index in [2.05, 4.69) is 23.6 Å². The summed E-state index contributed by atoms with van der Waals surface area (Å²) < 4.78 is 8.11. The average Bonchev–Trinajstić information content (AvgIpc) is 2.90. The minimum Gasteiger partial charge on any atom is -0.465 e. The molecule has 4 fully saturated rings. The third-order valence-electron chi connectivity index (χ3n) is 9.94. The molecule has 4 unspecified atom stereocenters. The van der Waals surface area contributed by atoms with Gasteiger partial charge in [-0.2, -0.15) is 11.8 Å². The standard InChI is InChI=1S/C31H43N3O4S/c1-3-38-29(35)19-32-28-11-6-5-10-27(28)30(36)34(31(32)37)25-17-22-8-7-9-23(18-25)33(22)24-13-20-12-21(14-24)16-26(15-20)39-4-2/h5-6,10-11,20-26H,3-4,7-9,12-19H2,1-2H3. The van der Waals surface area contributed by atoms with Crippen molar-refractivity contribution in [1.29, 1.82) is 0 Å². The van der Waals surface area contributed by atoms with Gasteiger partial charge in [-0.1, -0.05) is 25.5 Å². The maximum atomic E-state index is 13.9. The molecule has 2 aromatic rings. The van der Waals surface area contributed by atoms with Crippen LogP contribution in [0.15, 0.2) is 33.9 Å². The van der Waals surface area contributed by atoms with Gasteiger partial charge in [0.05, 0.1) is 17.5 Å². The molecular weight excluding hydrogens is 510 g/mol. The highest BCUT2D eigenvalue weighted by Crippen LogP contribution is 2.48. The highest BCUT2D eigenvalue weighted by molar-refractivity contribution is 7.99. The van der Waals surface area contributed by atoms with E-state index in [9.17, 15) is 14.4 Å². The number of fused-ring (bicyclic) bond motifs is 5. The van der Waals surface area contributed by atoms with Crippen molar-refractivity contribution < 1.29 is 9.53 Å². The monoisotopic (exact) mass is 553 g/mol. The van der Waals surface area contributed by atoms with Crippen LogP contribution >= 0.6 is 11.8 Å². The number of nitrogens with zero attached hydrogens (tertiary/aromatic N) is 3. The van der Waals surface area contributed by atoms with E-state index in [-0.39, 0.29) is 30.4 Å². The molecule has 3 heterocycles. The molecular formula is C31H43N3O4S. The van der Waals surface area contributed by atoms with Crippen molar-refractivity contribution in [3.63, 3.8) is 0 Å². The molecule has 2 aliphatic heterocycles. The number of hydrogen-bond acceptors (Lipinski definition) is 6. The van der Waals surface area contributed by atoms with E-state index >= 15 is 0 Å². The number of ether oxygens (including phenoxy) is 1. The molecule has 2 saturated heterocycles.